The van der Waals surface area contributed by atoms with Crippen molar-refractivity contribution in [1.29, 1.82) is 0 Å². The van der Waals surface area contributed by atoms with E-state index in [1.807, 2.05) is 25.1 Å². The lowest BCUT2D eigenvalue weighted by atomic mass is 10.2. The molecule has 2 aromatic carbocycles. The van der Waals surface area contributed by atoms with Crippen LogP contribution in [0, 0.1) is 17.0 Å². The van der Waals surface area contributed by atoms with Crippen molar-refractivity contribution in [2.24, 2.45) is 0 Å². The van der Waals surface area contributed by atoms with E-state index in [1.165, 1.54) is 23.1 Å². The molecule has 1 aliphatic rings. The van der Waals surface area contributed by atoms with Gasteiger partial charge in [0, 0.05) is 17.8 Å². The first kappa shape index (κ1) is 19.7. The molecule has 0 aromatic heterocycles. The number of thiocarbonyl (C=S) groups is 1. The molecule has 1 saturated heterocycles. The molecule has 0 saturated carbocycles. The number of para-hydroxylation sites is 1. The maximum Gasteiger partial charge on any atom is 0.270 e. The highest BCUT2D eigenvalue weighted by molar-refractivity contribution is 8.26. The maximum absolute atomic E-state index is 12.6. The van der Waals surface area contributed by atoms with Gasteiger partial charge in [-0.3, -0.25) is 24.6 Å². The minimum absolute atomic E-state index is 0.0677. The van der Waals surface area contributed by atoms with Crippen LogP contribution in [0.4, 0.5) is 11.4 Å². The Balaban J connectivity index is 1.73. The van der Waals surface area contributed by atoms with Gasteiger partial charge in [-0.1, -0.05) is 54.3 Å². The molecule has 1 fully saturated rings. The Kier molecular flexibility index (Phi) is 5.86. The van der Waals surface area contributed by atoms with Crippen molar-refractivity contribution >= 4 is 57.6 Å². The number of thioether (sulfide) groups is 1. The lowest BCUT2D eigenvalue weighted by Crippen LogP contribution is -2.36. The zero-order chi connectivity index (χ0) is 20.3. The van der Waals surface area contributed by atoms with E-state index in [1.54, 1.807) is 18.2 Å². The molecule has 7 nitrogen and oxygen atoms in total. The minimum atomic E-state index is -0.502. The summed E-state index contributed by atoms with van der Waals surface area (Å²) in [4.78, 5) is 36.9. The Morgan fingerprint density at radius 1 is 1.29 bits per heavy atom. The number of benzene rings is 2. The number of nitro groups is 1. The standard InChI is InChI=1S/C19H15N3O4S2/c1-12-5-2-3-8-15(12)20-17(23)11-21-18(24)16(28-19(21)27)10-13-6-4-7-14(9-13)22(25)26/h2-10H,11H2,1H3,(H,20,23)/b16-10-. The zero-order valence-electron chi connectivity index (χ0n) is 14.7. The van der Waals surface area contributed by atoms with Gasteiger partial charge in [-0.2, -0.15) is 0 Å². The van der Waals surface area contributed by atoms with E-state index in [0.717, 1.165) is 17.3 Å². The molecule has 0 bridgehead atoms. The summed E-state index contributed by atoms with van der Waals surface area (Å²) < 4.78 is 0.265. The summed E-state index contributed by atoms with van der Waals surface area (Å²) in [6.07, 6.45) is 1.53. The average molecular weight is 413 g/mol. The van der Waals surface area contributed by atoms with E-state index in [2.05, 4.69) is 5.32 Å². The summed E-state index contributed by atoms with van der Waals surface area (Å²) in [7, 11) is 0. The van der Waals surface area contributed by atoms with Crippen LogP contribution in [-0.2, 0) is 9.59 Å². The molecule has 3 rings (SSSR count). The number of anilines is 1. The Morgan fingerprint density at radius 3 is 2.75 bits per heavy atom. The van der Waals surface area contributed by atoms with Gasteiger partial charge in [-0.15, -0.1) is 0 Å². The Hall–Kier alpha value is -3.04. The molecule has 2 aromatic rings. The van der Waals surface area contributed by atoms with Crippen LogP contribution >= 0.6 is 24.0 Å². The monoisotopic (exact) mass is 413 g/mol. The van der Waals surface area contributed by atoms with Gasteiger partial charge < -0.3 is 5.32 Å². The lowest BCUT2D eigenvalue weighted by Gasteiger charge is -2.15. The number of amides is 2. The molecule has 0 unspecified atom stereocenters. The van der Waals surface area contributed by atoms with Crippen LogP contribution in [0.5, 0.6) is 0 Å². The number of nitrogens with zero attached hydrogens (tertiary/aromatic N) is 2. The first-order valence-corrected chi connectivity index (χ1v) is 9.43. The molecule has 142 valence electrons. The zero-order valence-corrected chi connectivity index (χ0v) is 16.4. The van der Waals surface area contributed by atoms with Crippen LogP contribution < -0.4 is 5.32 Å². The SMILES string of the molecule is Cc1ccccc1NC(=O)CN1C(=O)/C(=C/c2cccc([N+](=O)[O-])c2)SC1=S. The number of carbonyl (C=O) groups is 2. The minimum Gasteiger partial charge on any atom is -0.324 e. The van der Waals surface area contributed by atoms with E-state index >= 15 is 0 Å². The maximum atomic E-state index is 12.6. The number of hydrogen-bond acceptors (Lipinski definition) is 6. The summed E-state index contributed by atoms with van der Waals surface area (Å²) >= 11 is 6.29. The first-order valence-electron chi connectivity index (χ1n) is 8.20. The van der Waals surface area contributed by atoms with Gasteiger partial charge in [0.05, 0.1) is 9.83 Å². The quantitative estimate of drug-likeness (QED) is 0.347. The average Bonchev–Trinajstić information content (AvgIpc) is 2.91. The van der Waals surface area contributed by atoms with Crippen LogP contribution in [0.25, 0.3) is 6.08 Å². The molecular formula is C19H15N3O4S2. The second kappa shape index (κ2) is 8.32. The molecule has 9 heteroatoms. The van der Waals surface area contributed by atoms with Crippen LogP contribution in [0.1, 0.15) is 11.1 Å². The summed E-state index contributed by atoms with van der Waals surface area (Å²) in [5, 5.41) is 13.7. The number of rotatable bonds is 5. The highest BCUT2D eigenvalue weighted by Gasteiger charge is 2.33. The highest BCUT2D eigenvalue weighted by atomic mass is 32.2. The van der Waals surface area contributed by atoms with Crippen molar-refractivity contribution in [2.45, 2.75) is 6.92 Å². The number of aryl methyl sites for hydroxylation is 1. The van der Waals surface area contributed by atoms with Gasteiger partial charge in [-0.05, 0) is 30.2 Å². The summed E-state index contributed by atoms with van der Waals surface area (Å²) in [6.45, 7) is 1.67. The van der Waals surface area contributed by atoms with Crippen molar-refractivity contribution in [2.75, 3.05) is 11.9 Å². The van der Waals surface area contributed by atoms with Gasteiger partial charge in [-0.25, -0.2) is 0 Å². The van der Waals surface area contributed by atoms with E-state index in [-0.39, 0.29) is 22.5 Å². The fourth-order valence-electron chi connectivity index (χ4n) is 2.56. The second-order valence-electron chi connectivity index (χ2n) is 5.98. The fourth-order valence-corrected chi connectivity index (χ4v) is 3.82. The number of nitro benzene ring substituents is 1. The topological polar surface area (TPSA) is 92.6 Å². The molecule has 0 spiro atoms. The normalized spacial score (nSPS) is 15.2. The van der Waals surface area contributed by atoms with Gasteiger partial charge in [0.1, 0.15) is 10.9 Å². The molecule has 1 aliphatic heterocycles. The molecule has 0 atom stereocenters. The number of non-ortho nitro benzene ring substituents is 1. The largest absolute Gasteiger partial charge is 0.324 e. The highest BCUT2D eigenvalue weighted by Crippen LogP contribution is 2.32. The van der Waals surface area contributed by atoms with Gasteiger partial charge in [0.25, 0.3) is 11.6 Å². The number of carbonyl (C=O) groups excluding carboxylic acids is 2. The van der Waals surface area contributed by atoms with Crippen LogP contribution in [-0.4, -0.2) is 32.5 Å². The van der Waals surface area contributed by atoms with Gasteiger partial charge in [0.15, 0.2) is 0 Å². The molecule has 28 heavy (non-hydrogen) atoms. The van der Waals surface area contributed by atoms with Crippen molar-refractivity contribution in [1.82, 2.24) is 4.90 Å². The van der Waals surface area contributed by atoms with E-state index in [9.17, 15) is 19.7 Å². The van der Waals surface area contributed by atoms with Crippen molar-refractivity contribution < 1.29 is 14.5 Å². The molecule has 0 radical (unpaired) electrons. The molecule has 1 heterocycles. The molecule has 1 N–H and O–H groups in total. The second-order valence-corrected chi connectivity index (χ2v) is 7.66. The van der Waals surface area contributed by atoms with E-state index in [0.29, 0.717) is 16.2 Å². The first-order chi connectivity index (χ1) is 13.3. The third kappa shape index (κ3) is 4.44. The van der Waals surface area contributed by atoms with Crippen LogP contribution in [0.3, 0.4) is 0 Å². The summed E-state index contributed by atoms with van der Waals surface area (Å²) in [5.74, 6) is -0.761. The smallest absolute Gasteiger partial charge is 0.270 e. The van der Waals surface area contributed by atoms with Crippen molar-refractivity contribution in [3.05, 3.63) is 74.7 Å². The fraction of sp³-hybridized carbons (Fsp3) is 0.105. The molecule has 2 amide bonds. The Labute approximate surface area is 170 Å². The summed E-state index contributed by atoms with van der Waals surface area (Å²) in [6, 6.07) is 13.3. The molecule has 0 aliphatic carbocycles. The molecular weight excluding hydrogens is 398 g/mol. The third-order valence-electron chi connectivity index (χ3n) is 3.97. The number of nitrogens with one attached hydrogen (secondary N) is 1. The Bertz CT molecular complexity index is 1020. The number of hydrogen-bond donors (Lipinski definition) is 1. The Morgan fingerprint density at radius 2 is 2.04 bits per heavy atom. The van der Waals surface area contributed by atoms with Gasteiger partial charge >= 0.3 is 0 Å². The van der Waals surface area contributed by atoms with Crippen LogP contribution in [0.15, 0.2) is 53.4 Å². The predicted molar refractivity (Wildman–Crippen MR) is 113 cm³/mol. The van der Waals surface area contributed by atoms with E-state index in [4.69, 9.17) is 12.2 Å². The van der Waals surface area contributed by atoms with Crippen LogP contribution in [0.2, 0.25) is 0 Å². The van der Waals surface area contributed by atoms with E-state index < -0.39 is 10.8 Å². The van der Waals surface area contributed by atoms with Crippen molar-refractivity contribution in [3.8, 4) is 0 Å². The third-order valence-corrected chi connectivity index (χ3v) is 5.35. The predicted octanol–water partition coefficient (Wildman–Crippen LogP) is 3.74. The van der Waals surface area contributed by atoms with Gasteiger partial charge in [0.2, 0.25) is 5.91 Å². The van der Waals surface area contributed by atoms with Crippen molar-refractivity contribution in [3.63, 3.8) is 0 Å². The summed E-state index contributed by atoms with van der Waals surface area (Å²) in [5.41, 5.74) is 2.03. The lowest BCUT2D eigenvalue weighted by molar-refractivity contribution is -0.384.